The van der Waals surface area contributed by atoms with Gasteiger partial charge in [0.15, 0.2) is 0 Å². The van der Waals surface area contributed by atoms with Crippen molar-refractivity contribution in [2.24, 2.45) is 4.99 Å². The molecule has 8 nitrogen and oxygen atoms in total. The third kappa shape index (κ3) is 4.48. The van der Waals surface area contributed by atoms with Crippen LogP contribution in [0.3, 0.4) is 0 Å². The van der Waals surface area contributed by atoms with Gasteiger partial charge in [0.25, 0.3) is 11.2 Å². The van der Waals surface area contributed by atoms with Crippen molar-refractivity contribution in [1.82, 2.24) is 4.57 Å². The van der Waals surface area contributed by atoms with Gasteiger partial charge < -0.3 is 5.11 Å². The molecule has 1 aromatic carbocycles. The molecule has 0 amide bonds. The summed E-state index contributed by atoms with van der Waals surface area (Å²) in [5, 5.41) is 30.6. The molecule has 0 aliphatic rings. The summed E-state index contributed by atoms with van der Waals surface area (Å²) in [6, 6.07) is 3.99. The van der Waals surface area contributed by atoms with Gasteiger partial charge in [-0.25, -0.2) is 0 Å². The maximum Gasteiger partial charge on any atom is 0.423 e. The van der Waals surface area contributed by atoms with Crippen molar-refractivity contribution >= 4 is 17.6 Å². The number of nitro benzene ring substituents is 1. The molecule has 0 saturated carbocycles. The van der Waals surface area contributed by atoms with Crippen LogP contribution < -0.4 is 5.56 Å². The standard InChI is InChI=1S/C19H17F3N4O4/c1-3-4-7-25-17(27)13(9-23)11(2)14(18(25)28)10-24-12-5-6-16(26(29)30)15(8-12)19(20,21)22/h5-6,8,10,28H,3-4,7H2,1-2H3. The van der Waals surface area contributed by atoms with Crippen LogP contribution in [0.1, 0.15) is 42.0 Å². The minimum atomic E-state index is -4.96. The quantitative estimate of drug-likeness (QED) is 0.425. The Morgan fingerprint density at radius 3 is 2.60 bits per heavy atom. The molecular formula is C19H17F3N4O4. The molecule has 1 N–H and O–H groups in total. The molecule has 1 aromatic heterocycles. The first-order valence-corrected chi connectivity index (χ1v) is 8.79. The summed E-state index contributed by atoms with van der Waals surface area (Å²) in [5.74, 6) is -0.466. The second kappa shape index (κ2) is 8.77. The molecule has 0 atom stereocenters. The summed E-state index contributed by atoms with van der Waals surface area (Å²) >= 11 is 0. The summed E-state index contributed by atoms with van der Waals surface area (Å²) in [6.07, 6.45) is -2.68. The predicted molar refractivity (Wildman–Crippen MR) is 102 cm³/mol. The first-order valence-electron chi connectivity index (χ1n) is 8.79. The third-order valence-corrected chi connectivity index (χ3v) is 4.41. The normalized spacial score (nSPS) is 11.6. The lowest BCUT2D eigenvalue weighted by molar-refractivity contribution is -0.388. The largest absolute Gasteiger partial charge is 0.494 e. The number of rotatable bonds is 6. The highest BCUT2D eigenvalue weighted by molar-refractivity contribution is 5.87. The van der Waals surface area contributed by atoms with E-state index in [1.165, 1.54) is 6.92 Å². The molecule has 0 saturated heterocycles. The van der Waals surface area contributed by atoms with E-state index in [4.69, 9.17) is 0 Å². The Balaban J connectivity index is 2.61. The van der Waals surface area contributed by atoms with Gasteiger partial charge in [0, 0.05) is 18.8 Å². The summed E-state index contributed by atoms with van der Waals surface area (Å²) in [6.45, 7) is 3.42. The minimum Gasteiger partial charge on any atom is -0.494 e. The van der Waals surface area contributed by atoms with Gasteiger partial charge in [-0.2, -0.15) is 18.4 Å². The Morgan fingerprint density at radius 2 is 2.07 bits per heavy atom. The van der Waals surface area contributed by atoms with Crippen molar-refractivity contribution in [2.75, 3.05) is 0 Å². The lowest BCUT2D eigenvalue weighted by Crippen LogP contribution is -2.25. The predicted octanol–water partition coefficient (Wildman–Crippen LogP) is 4.21. The minimum absolute atomic E-state index is 0.00540. The number of nitrogens with zero attached hydrogens (tertiary/aromatic N) is 4. The lowest BCUT2D eigenvalue weighted by Gasteiger charge is -2.13. The molecule has 0 aliphatic heterocycles. The summed E-state index contributed by atoms with van der Waals surface area (Å²) < 4.78 is 40.4. The molecule has 2 aromatic rings. The van der Waals surface area contributed by atoms with Gasteiger partial charge >= 0.3 is 6.18 Å². The number of aromatic hydroxyl groups is 1. The molecule has 1 heterocycles. The Morgan fingerprint density at radius 1 is 1.40 bits per heavy atom. The first-order chi connectivity index (χ1) is 14.0. The summed E-state index contributed by atoms with van der Waals surface area (Å²) in [7, 11) is 0. The highest BCUT2D eigenvalue weighted by Gasteiger charge is 2.38. The van der Waals surface area contributed by atoms with Crippen LogP contribution in [-0.2, 0) is 12.7 Å². The molecular weight excluding hydrogens is 405 g/mol. The van der Waals surface area contributed by atoms with Crippen LogP contribution in [0.5, 0.6) is 5.88 Å². The van der Waals surface area contributed by atoms with E-state index < -0.39 is 33.8 Å². The van der Waals surface area contributed by atoms with Crippen LogP contribution >= 0.6 is 0 Å². The number of aliphatic imine (C=N–C) groups is 1. The number of pyridine rings is 1. The number of hydrogen-bond donors (Lipinski definition) is 1. The van der Waals surface area contributed by atoms with Crippen LogP contribution in [0, 0.1) is 28.4 Å². The molecule has 2 rings (SSSR count). The van der Waals surface area contributed by atoms with Crippen molar-refractivity contribution in [3.05, 3.63) is 60.9 Å². The van der Waals surface area contributed by atoms with Crippen LogP contribution in [0.4, 0.5) is 24.5 Å². The van der Waals surface area contributed by atoms with Crippen LogP contribution in [0.15, 0.2) is 28.0 Å². The van der Waals surface area contributed by atoms with E-state index >= 15 is 0 Å². The molecule has 30 heavy (non-hydrogen) atoms. The Kier molecular flexibility index (Phi) is 6.61. The number of nitro groups is 1. The van der Waals surface area contributed by atoms with Crippen molar-refractivity contribution in [1.29, 1.82) is 5.26 Å². The van der Waals surface area contributed by atoms with Crippen LogP contribution in [0.2, 0.25) is 0 Å². The number of halogens is 3. The van der Waals surface area contributed by atoms with Gasteiger partial charge in [-0.05, 0) is 31.0 Å². The van der Waals surface area contributed by atoms with Crippen LogP contribution in [0.25, 0.3) is 0 Å². The Bertz CT molecular complexity index is 1110. The maximum absolute atomic E-state index is 13.1. The average Bonchev–Trinajstić information content (AvgIpc) is 2.67. The zero-order valence-electron chi connectivity index (χ0n) is 16.0. The van der Waals surface area contributed by atoms with Gasteiger partial charge in [-0.15, -0.1) is 0 Å². The van der Waals surface area contributed by atoms with Crippen molar-refractivity contribution in [3.8, 4) is 11.9 Å². The van der Waals surface area contributed by atoms with E-state index in [0.29, 0.717) is 25.0 Å². The van der Waals surface area contributed by atoms with Gasteiger partial charge in [-0.3, -0.25) is 24.5 Å². The van der Waals surface area contributed by atoms with E-state index in [1.54, 1.807) is 6.07 Å². The summed E-state index contributed by atoms with van der Waals surface area (Å²) in [4.78, 5) is 25.9. The highest BCUT2D eigenvalue weighted by atomic mass is 19.4. The second-order valence-corrected chi connectivity index (χ2v) is 6.37. The van der Waals surface area contributed by atoms with Crippen LogP contribution in [-0.4, -0.2) is 20.8 Å². The van der Waals surface area contributed by atoms with E-state index in [-0.39, 0.29) is 28.9 Å². The smallest absolute Gasteiger partial charge is 0.423 e. The van der Waals surface area contributed by atoms with Crippen molar-refractivity contribution < 1.29 is 23.2 Å². The van der Waals surface area contributed by atoms with E-state index in [1.807, 2.05) is 6.92 Å². The van der Waals surface area contributed by atoms with E-state index in [0.717, 1.165) is 16.8 Å². The number of alkyl halides is 3. The third-order valence-electron chi connectivity index (χ3n) is 4.41. The number of unbranched alkanes of at least 4 members (excludes halogenated alkanes) is 1. The topological polar surface area (TPSA) is 122 Å². The van der Waals surface area contributed by atoms with Gasteiger partial charge in [0.05, 0.1) is 16.2 Å². The van der Waals surface area contributed by atoms with E-state index in [2.05, 4.69) is 4.99 Å². The monoisotopic (exact) mass is 422 g/mol. The first kappa shape index (κ1) is 22.6. The zero-order valence-corrected chi connectivity index (χ0v) is 16.0. The molecule has 0 radical (unpaired) electrons. The summed E-state index contributed by atoms with van der Waals surface area (Å²) in [5.41, 5.74) is -3.60. The number of hydrogen-bond acceptors (Lipinski definition) is 6. The molecule has 0 spiro atoms. The fourth-order valence-corrected chi connectivity index (χ4v) is 2.78. The molecule has 0 unspecified atom stereocenters. The SMILES string of the molecule is CCCCn1c(O)c(C=Nc2ccc([N+](=O)[O-])c(C(F)(F)F)c2)c(C)c(C#N)c1=O. The number of nitriles is 1. The van der Waals surface area contributed by atoms with Gasteiger partial charge in [0.2, 0.25) is 5.88 Å². The Labute approximate surface area is 168 Å². The average molecular weight is 422 g/mol. The molecule has 0 bridgehead atoms. The van der Waals surface area contributed by atoms with Gasteiger partial charge in [0.1, 0.15) is 17.2 Å². The molecule has 11 heteroatoms. The fraction of sp³-hybridized carbons (Fsp3) is 0.316. The second-order valence-electron chi connectivity index (χ2n) is 6.37. The molecule has 0 aliphatic carbocycles. The number of aromatic nitrogens is 1. The number of benzene rings is 1. The van der Waals surface area contributed by atoms with Gasteiger partial charge in [-0.1, -0.05) is 13.3 Å². The maximum atomic E-state index is 13.1. The van der Waals surface area contributed by atoms with E-state index in [9.17, 15) is 38.4 Å². The zero-order chi connectivity index (χ0) is 22.6. The lowest BCUT2D eigenvalue weighted by atomic mass is 10.1. The highest BCUT2D eigenvalue weighted by Crippen LogP contribution is 2.38. The fourth-order valence-electron chi connectivity index (χ4n) is 2.78. The molecule has 158 valence electrons. The van der Waals surface area contributed by atoms with Crippen molar-refractivity contribution in [2.45, 2.75) is 39.4 Å². The Hall–Kier alpha value is -3.68. The van der Waals surface area contributed by atoms with Crippen molar-refractivity contribution in [3.63, 3.8) is 0 Å². The molecule has 0 fully saturated rings.